The highest BCUT2D eigenvalue weighted by Gasteiger charge is 2.47. The molecule has 2 aliphatic rings. The quantitative estimate of drug-likeness (QED) is 0.898. The van der Waals surface area contributed by atoms with Crippen molar-refractivity contribution in [1.82, 2.24) is 4.90 Å². The summed E-state index contributed by atoms with van der Waals surface area (Å²) in [5.41, 5.74) is 1.39. The van der Waals surface area contributed by atoms with E-state index < -0.39 is 24.0 Å². The van der Waals surface area contributed by atoms with E-state index in [1.54, 1.807) is 12.1 Å². The van der Waals surface area contributed by atoms with E-state index in [4.69, 9.17) is 4.74 Å². The number of hydrogen-bond acceptors (Lipinski definition) is 3. The number of benzene rings is 1. The molecule has 0 spiro atoms. The van der Waals surface area contributed by atoms with Crippen molar-refractivity contribution >= 4 is 17.5 Å². The number of aryl methyl sites for hydroxylation is 1. The van der Waals surface area contributed by atoms with Gasteiger partial charge >= 0.3 is 12.1 Å². The molecule has 0 radical (unpaired) electrons. The second-order valence-corrected chi connectivity index (χ2v) is 5.89. The first-order valence-corrected chi connectivity index (χ1v) is 7.81. The van der Waals surface area contributed by atoms with Crippen LogP contribution >= 0.6 is 0 Å². The Hall–Kier alpha value is -2.25. The Morgan fingerprint density at radius 2 is 2.04 bits per heavy atom. The molecule has 0 saturated carbocycles. The number of likely N-dealkylation sites (tertiary alicyclic amines) is 1. The highest BCUT2D eigenvalue weighted by Crippen LogP contribution is 2.34. The van der Waals surface area contributed by atoms with Crippen molar-refractivity contribution in [3.05, 3.63) is 23.8 Å². The van der Waals surface area contributed by atoms with Crippen LogP contribution in [0, 0.1) is 0 Å². The van der Waals surface area contributed by atoms with Gasteiger partial charge in [0.2, 0.25) is 5.91 Å². The molecule has 1 aromatic carbocycles. The van der Waals surface area contributed by atoms with Gasteiger partial charge in [-0.15, -0.1) is 0 Å². The summed E-state index contributed by atoms with van der Waals surface area (Å²) < 4.78 is 43.5. The van der Waals surface area contributed by atoms with Crippen molar-refractivity contribution in [3.63, 3.8) is 0 Å². The molecule has 0 aliphatic carbocycles. The van der Waals surface area contributed by atoms with Gasteiger partial charge in [-0.25, -0.2) is 0 Å². The summed E-state index contributed by atoms with van der Waals surface area (Å²) in [7, 11) is 0. The summed E-state index contributed by atoms with van der Waals surface area (Å²) in [5.74, 6) is -2.03. The lowest BCUT2D eigenvalue weighted by Gasteiger charge is -2.26. The minimum atomic E-state index is -4.97. The number of hydrogen-bond donors (Lipinski definition) is 1. The van der Waals surface area contributed by atoms with Gasteiger partial charge in [-0.1, -0.05) is 12.1 Å². The van der Waals surface area contributed by atoms with Crippen LogP contribution in [0.2, 0.25) is 0 Å². The Kier molecular flexibility index (Phi) is 4.38. The molecule has 1 saturated heterocycles. The highest BCUT2D eigenvalue weighted by molar-refractivity contribution is 5.99. The lowest BCUT2D eigenvalue weighted by Crippen LogP contribution is -2.48. The summed E-state index contributed by atoms with van der Waals surface area (Å²) in [4.78, 5) is 24.5. The molecule has 2 aliphatic heterocycles. The highest BCUT2D eigenvalue weighted by atomic mass is 19.4. The zero-order valence-electron chi connectivity index (χ0n) is 12.9. The number of carbonyl (C=O) groups is 2. The maximum absolute atomic E-state index is 12.6. The smallest absolute Gasteiger partial charge is 0.471 e. The van der Waals surface area contributed by atoms with Gasteiger partial charge in [-0.3, -0.25) is 9.59 Å². The Balaban J connectivity index is 1.76. The number of alkyl halides is 3. The van der Waals surface area contributed by atoms with E-state index >= 15 is 0 Å². The SMILES string of the molecule is O=C(Nc1cccc2c1OCCC2)C1CCCN1C(=O)C(F)(F)F. The average Bonchev–Trinajstić information content (AvgIpc) is 3.03. The van der Waals surface area contributed by atoms with E-state index in [0.29, 0.717) is 29.4 Å². The van der Waals surface area contributed by atoms with Crippen LogP contribution < -0.4 is 10.1 Å². The van der Waals surface area contributed by atoms with Gasteiger partial charge in [0.25, 0.3) is 0 Å². The zero-order chi connectivity index (χ0) is 17.3. The number of rotatable bonds is 2. The second kappa shape index (κ2) is 6.33. The Bertz CT molecular complexity index is 660. The van der Waals surface area contributed by atoms with E-state index in [1.807, 2.05) is 6.07 Å². The number of halogens is 3. The number of carbonyl (C=O) groups excluding carboxylic acids is 2. The summed E-state index contributed by atoms with van der Waals surface area (Å²) in [6.07, 6.45) is -2.70. The molecule has 5 nitrogen and oxygen atoms in total. The minimum Gasteiger partial charge on any atom is -0.491 e. The van der Waals surface area contributed by atoms with Gasteiger partial charge in [0.05, 0.1) is 12.3 Å². The Morgan fingerprint density at radius 1 is 1.25 bits per heavy atom. The average molecular weight is 342 g/mol. The Morgan fingerprint density at radius 3 is 2.79 bits per heavy atom. The van der Waals surface area contributed by atoms with Crippen molar-refractivity contribution in [2.75, 3.05) is 18.5 Å². The summed E-state index contributed by atoms with van der Waals surface area (Å²) >= 11 is 0. The van der Waals surface area contributed by atoms with Crippen LogP contribution in [0.25, 0.3) is 0 Å². The van der Waals surface area contributed by atoms with E-state index in [0.717, 1.165) is 18.4 Å². The number of anilines is 1. The standard InChI is InChI=1S/C16H17F3N2O3/c17-16(18,19)15(23)21-8-2-7-12(21)14(22)20-11-6-1-4-10-5-3-9-24-13(10)11/h1,4,6,12H,2-3,5,7-9H2,(H,20,22). The molecular weight excluding hydrogens is 325 g/mol. The predicted octanol–water partition coefficient (Wildman–Crippen LogP) is 2.50. The van der Waals surface area contributed by atoms with Crippen LogP contribution in [0.1, 0.15) is 24.8 Å². The van der Waals surface area contributed by atoms with Crippen molar-refractivity contribution in [3.8, 4) is 5.75 Å². The molecule has 0 bridgehead atoms. The van der Waals surface area contributed by atoms with Crippen molar-refractivity contribution < 1.29 is 27.5 Å². The van der Waals surface area contributed by atoms with Crippen LogP contribution in [0.4, 0.5) is 18.9 Å². The minimum absolute atomic E-state index is 0.0696. The van der Waals surface area contributed by atoms with E-state index in [2.05, 4.69) is 5.32 Å². The number of amides is 2. The van der Waals surface area contributed by atoms with Crippen LogP contribution in [0.5, 0.6) is 5.75 Å². The van der Waals surface area contributed by atoms with Crippen LogP contribution in [-0.4, -0.2) is 42.1 Å². The summed E-state index contributed by atoms with van der Waals surface area (Å²) in [6, 6.07) is 4.18. The zero-order valence-corrected chi connectivity index (χ0v) is 12.9. The van der Waals surface area contributed by atoms with E-state index in [9.17, 15) is 22.8 Å². The molecule has 1 aromatic rings. The molecular formula is C16H17F3N2O3. The number of ether oxygens (including phenoxy) is 1. The molecule has 1 unspecified atom stereocenters. The van der Waals surface area contributed by atoms with Crippen molar-refractivity contribution in [2.24, 2.45) is 0 Å². The molecule has 2 heterocycles. The molecule has 3 rings (SSSR count). The summed E-state index contributed by atoms with van der Waals surface area (Å²) in [5, 5.41) is 2.62. The fourth-order valence-corrected chi connectivity index (χ4v) is 3.15. The maximum atomic E-state index is 12.6. The number of para-hydroxylation sites is 1. The largest absolute Gasteiger partial charge is 0.491 e. The second-order valence-electron chi connectivity index (χ2n) is 5.89. The summed E-state index contributed by atoms with van der Waals surface area (Å²) in [6.45, 7) is 0.460. The monoisotopic (exact) mass is 342 g/mol. The van der Waals surface area contributed by atoms with Gasteiger partial charge in [0.1, 0.15) is 11.8 Å². The topological polar surface area (TPSA) is 58.6 Å². The third kappa shape index (κ3) is 3.18. The van der Waals surface area contributed by atoms with Gasteiger partial charge in [-0.05, 0) is 37.3 Å². The molecule has 2 amide bonds. The van der Waals surface area contributed by atoms with Gasteiger partial charge in [0, 0.05) is 6.54 Å². The van der Waals surface area contributed by atoms with Crippen LogP contribution in [0.3, 0.4) is 0 Å². The van der Waals surface area contributed by atoms with Crippen molar-refractivity contribution in [1.29, 1.82) is 0 Å². The van der Waals surface area contributed by atoms with Crippen LogP contribution in [0.15, 0.2) is 18.2 Å². The predicted molar refractivity (Wildman–Crippen MR) is 79.7 cm³/mol. The lowest BCUT2D eigenvalue weighted by molar-refractivity contribution is -0.186. The molecule has 1 N–H and O–H groups in total. The van der Waals surface area contributed by atoms with Crippen molar-refractivity contribution in [2.45, 2.75) is 37.9 Å². The number of nitrogens with one attached hydrogen (secondary N) is 1. The van der Waals surface area contributed by atoms with Crippen LogP contribution in [-0.2, 0) is 16.0 Å². The molecule has 24 heavy (non-hydrogen) atoms. The van der Waals surface area contributed by atoms with Gasteiger partial charge in [-0.2, -0.15) is 13.2 Å². The molecule has 130 valence electrons. The molecule has 8 heteroatoms. The number of nitrogens with zero attached hydrogens (tertiary/aromatic N) is 1. The first-order valence-electron chi connectivity index (χ1n) is 7.81. The third-order valence-electron chi connectivity index (χ3n) is 4.25. The fraction of sp³-hybridized carbons (Fsp3) is 0.500. The fourth-order valence-electron chi connectivity index (χ4n) is 3.15. The lowest BCUT2D eigenvalue weighted by atomic mass is 10.1. The third-order valence-corrected chi connectivity index (χ3v) is 4.25. The van der Waals surface area contributed by atoms with E-state index in [1.165, 1.54) is 0 Å². The molecule has 1 fully saturated rings. The van der Waals surface area contributed by atoms with E-state index in [-0.39, 0.29) is 13.0 Å². The first-order chi connectivity index (χ1) is 11.4. The Labute approximate surface area is 136 Å². The molecule has 1 atom stereocenters. The maximum Gasteiger partial charge on any atom is 0.471 e. The number of fused-ring (bicyclic) bond motifs is 1. The van der Waals surface area contributed by atoms with Gasteiger partial charge < -0.3 is 15.0 Å². The normalized spacial score (nSPS) is 20.3. The first kappa shape index (κ1) is 16.6. The molecule has 0 aromatic heterocycles. The van der Waals surface area contributed by atoms with Gasteiger partial charge in [0.15, 0.2) is 0 Å².